The molecule has 2 heterocycles. The molecule has 1 saturated carbocycles. The van der Waals surface area contributed by atoms with Crippen molar-refractivity contribution < 1.29 is 9.59 Å². The topological polar surface area (TPSA) is 85.8 Å². The van der Waals surface area contributed by atoms with Crippen LogP contribution >= 0.6 is 11.8 Å². The van der Waals surface area contributed by atoms with Gasteiger partial charge in [0.05, 0.1) is 11.4 Å². The van der Waals surface area contributed by atoms with E-state index in [1.807, 2.05) is 35.2 Å². The lowest BCUT2D eigenvalue weighted by Crippen LogP contribution is -2.54. The summed E-state index contributed by atoms with van der Waals surface area (Å²) in [6.07, 6.45) is 5.65. The van der Waals surface area contributed by atoms with Crippen LogP contribution in [-0.4, -0.2) is 40.0 Å². The lowest BCUT2D eigenvalue weighted by Gasteiger charge is -2.32. The molecule has 1 aromatic rings. The zero-order chi connectivity index (χ0) is 17.9. The van der Waals surface area contributed by atoms with E-state index in [9.17, 15) is 9.59 Å². The molecule has 0 spiro atoms. The number of amidine groups is 1. The highest BCUT2D eigenvalue weighted by Gasteiger charge is 2.36. The van der Waals surface area contributed by atoms with Gasteiger partial charge >= 0.3 is 0 Å². The Morgan fingerprint density at radius 2 is 2.04 bits per heavy atom. The summed E-state index contributed by atoms with van der Waals surface area (Å²) in [6.45, 7) is 0. The SMILES string of the molecule is O=C1C=C(c2ccccc2)N2C(SCC(=O)NC3CCCC3)=NNC2N1. The summed E-state index contributed by atoms with van der Waals surface area (Å²) in [7, 11) is 0. The molecule has 26 heavy (non-hydrogen) atoms. The summed E-state index contributed by atoms with van der Waals surface area (Å²) in [5, 5.41) is 10.9. The fraction of sp³-hybridized carbons (Fsp3) is 0.389. The molecule has 1 unspecified atom stereocenters. The quantitative estimate of drug-likeness (QED) is 0.745. The van der Waals surface area contributed by atoms with E-state index in [-0.39, 0.29) is 11.8 Å². The van der Waals surface area contributed by atoms with Gasteiger partial charge in [-0.05, 0) is 18.4 Å². The number of hydrogen-bond donors (Lipinski definition) is 3. The Morgan fingerprint density at radius 1 is 1.27 bits per heavy atom. The first kappa shape index (κ1) is 17.0. The second kappa shape index (κ2) is 7.41. The highest BCUT2D eigenvalue weighted by Crippen LogP contribution is 2.29. The van der Waals surface area contributed by atoms with Crippen LogP contribution in [0.2, 0.25) is 0 Å². The van der Waals surface area contributed by atoms with Gasteiger partial charge in [-0.1, -0.05) is 54.9 Å². The number of carbonyl (C=O) groups is 2. The molecule has 1 fully saturated rings. The minimum atomic E-state index is -0.428. The molecule has 1 aromatic carbocycles. The van der Waals surface area contributed by atoms with Gasteiger partial charge in [0.2, 0.25) is 11.8 Å². The van der Waals surface area contributed by atoms with Crippen LogP contribution in [0.5, 0.6) is 0 Å². The average molecular weight is 371 g/mol. The first-order valence-electron chi connectivity index (χ1n) is 8.83. The van der Waals surface area contributed by atoms with Gasteiger partial charge in [0, 0.05) is 12.1 Å². The van der Waals surface area contributed by atoms with Gasteiger partial charge in [-0.25, -0.2) is 0 Å². The molecule has 0 bridgehead atoms. The van der Waals surface area contributed by atoms with E-state index in [0.717, 1.165) is 24.1 Å². The maximum atomic E-state index is 12.2. The molecule has 0 saturated heterocycles. The number of fused-ring (bicyclic) bond motifs is 1. The van der Waals surface area contributed by atoms with Crippen LogP contribution in [-0.2, 0) is 9.59 Å². The summed E-state index contributed by atoms with van der Waals surface area (Å²) >= 11 is 1.37. The number of carbonyl (C=O) groups excluding carboxylic acids is 2. The summed E-state index contributed by atoms with van der Waals surface area (Å²) in [6, 6.07) is 10.0. The van der Waals surface area contributed by atoms with Crippen molar-refractivity contribution in [2.24, 2.45) is 5.10 Å². The minimum absolute atomic E-state index is 0.0272. The van der Waals surface area contributed by atoms with Gasteiger partial charge in [0.25, 0.3) is 0 Å². The molecule has 3 aliphatic rings. The number of hydrogen-bond acceptors (Lipinski definition) is 6. The van der Waals surface area contributed by atoms with Crippen LogP contribution in [0.15, 0.2) is 41.5 Å². The molecule has 2 amide bonds. The third-order valence-corrected chi connectivity index (χ3v) is 5.63. The zero-order valence-corrected chi connectivity index (χ0v) is 15.1. The van der Waals surface area contributed by atoms with Gasteiger partial charge in [-0.15, -0.1) is 0 Å². The Hall–Kier alpha value is -2.48. The number of rotatable bonds is 4. The Balaban J connectivity index is 1.45. The van der Waals surface area contributed by atoms with Crippen molar-refractivity contribution in [2.45, 2.75) is 38.0 Å². The lowest BCUT2D eigenvalue weighted by atomic mass is 10.1. The number of hydrazone groups is 1. The van der Waals surface area contributed by atoms with Gasteiger partial charge in [0.15, 0.2) is 11.5 Å². The number of nitrogens with zero attached hydrogens (tertiary/aromatic N) is 2. The number of amides is 2. The monoisotopic (exact) mass is 371 g/mol. The van der Waals surface area contributed by atoms with Crippen LogP contribution in [0, 0.1) is 0 Å². The lowest BCUT2D eigenvalue weighted by molar-refractivity contribution is -0.119. The fourth-order valence-corrected chi connectivity index (χ4v) is 4.25. The van der Waals surface area contributed by atoms with Crippen molar-refractivity contribution >= 4 is 34.4 Å². The second-order valence-electron chi connectivity index (χ2n) is 6.54. The molecule has 1 aliphatic carbocycles. The van der Waals surface area contributed by atoms with Gasteiger partial charge < -0.3 is 10.6 Å². The summed E-state index contributed by atoms with van der Waals surface area (Å²) in [4.78, 5) is 26.1. The molecule has 0 radical (unpaired) electrons. The predicted octanol–water partition coefficient (Wildman–Crippen LogP) is 1.41. The van der Waals surface area contributed by atoms with E-state index < -0.39 is 6.29 Å². The normalized spacial score (nSPS) is 22.2. The Kier molecular flexibility index (Phi) is 4.83. The third-order valence-electron chi connectivity index (χ3n) is 4.68. The molecule has 0 aromatic heterocycles. The molecule has 1 atom stereocenters. The molecule has 4 rings (SSSR count). The first-order chi connectivity index (χ1) is 12.7. The molecule has 7 nitrogen and oxygen atoms in total. The van der Waals surface area contributed by atoms with E-state index in [2.05, 4.69) is 21.2 Å². The van der Waals surface area contributed by atoms with Crippen molar-refractivity contribution in [3.8, 4) is 0 Å². The summed E-state index contributed by atoms with van der Waals surface area (Å²) in [5.74, 6) is 0.161. The standard InChI is InChI=1S/C18H21N5O2S/c24-15-10-14(12-6-2-1-3-7-12)23-17(20-15)21-22-18(23)26-11-16(25)19-13-8-4-5-9-13/h1-3,6-7,10,13,17,21H,4-5,8-9,11H2,(H,19,25)(H,20,24). The highest BCUT2D eigenvalue weighted by atomic mass is 32.2. The van der Waals surface area contributed by atoms with Crippen molar-refractivity contribution in [1.29, 1.82) is 0 Å². The minimum Gasteiger partial charge on any atom is -0.353 e. The zero-order valence-electron chi connectivity index (χ0n) is 14.3. The fourth-order valence-electron chi connectivity index (χ4n) is 3.45. The molecular weight excluding hydrogens is 350 g/mol. The van der Waals surface area contributed by atoms with Crippen LogP contribution in [0.25, 0.3) is 5.70 Å². The van der Waals surface area contributed by atoms with Crippen LogP contribution in [0.3, 0.4) is 0 Å². The van der Waals surface area contributed by atoms with Crippen molar-refractivity contribution in [1.82, 2.24) is 21.0 Å². The number of nitrogens with one attached hydrogen (secondary N) is 3. The summed E-state index contributed by atoms with van der Waals surface area (Å²) in [5.41, 5.74) is 4.62. The molecule has 2 aliphatic heterocycles. The smallest absolute Gasteiger partial charge is 0.249 e. The molecule has 8 heteroatoms. The van der Waals surface area contributed by atoms with Crippen LogP contribution < -0.4 is 16.1 Å². The molecular formula is C18H21N5O2S. The average Bonchev–Trinajstić information content (AvgIpc) is 3.29. The van der Waals surface area contributed by atoms with Crippen LogP contribution in [0.4, 0.5) is 0 Å². The van der Waals surface area contributed by atoms with Crippen molar-refractivity contribution in [3.63, 3.8) is 0 Å². The molecule has 3 N–H and O–H groups in total. The van der Waals surface area contributed by atoms with Gasteiger partial charge in [-0.2, -0.15) is 5.10 Å². The maximum absolute atomic E-state index is 12.2. The first-order valence-corrected chi connectivity index (χ1v) is 9.81. The van der Waals surface area contributed by atoms with Crippen molar-refractivity contribution in [3.05, 3.63) is 42.0 Å². The third kappa shape index (κ3) is 3.55. The number of thioether (sulfide) groups is 1. The van der Waals surface area contributed by atoms with E-state index >= 15 is 0 Å². The Labute approximate surface area is 156 Å². The highest BCUT2D eigenvalue weighted by molar-refractivity contribution is 8.14. The maximum Gasteiger partial charge on any atom is 0.249 e. The van der Waals surface area contributed by atoms with Gasteiger partial charge in [0.1, 0.15) is 0 Å². The van der Waals surface area contributed by atoms with Gasteiger partial charge in [-0.3, -0.25) is 19.9 Å². The molecule has 136 valence electrons. The predicted molar refractivity (Wildman–Crippen MR) is 102 cm³/mol. The van der Waals surface area contributed by atoms with E-state index in [1.165, 1.54) is 24.6 Å². The van der Waals surface area contributed by atoms with Crippen molar-refractivity contribution in [2.75, 3.05) is 5.75 Å². The van der Waals surface area contributed by atoms with E-state index in [4.69, 9.17) is 0 Å². The number of benzene rings is 1. The van der Waals surface area contributed by atoms with E-state index in [1.54, 1.807) is 6.08 Å². The largest absolute Gasteiger partial charge is 0.353 e. The summed E-state index contributed by atoms with van der Waals surface area (Å²) < 4.78 is 0. The van der Waals surface area contributed by atoms with E-state index in [0.29, 0.717) is 17.0 Å². The van der Waals surface area contributed by atoms with Crippen LogP contribution in [0.1, 0.15) is 31.2 Å². The Morgan fingerprint density at radius 3 is 2.81 bits per heavy atom. The second-order valence-corrected chi connectivity index (χ2v) is 7.48. The Bertz CT molecular complexity index is 758.